The maximum absolute atomic E-state index is 12.6. The van der Waals surface area contributed by atoms with E-state index in [1.165, 1.54) is 19.3 Å². The van der Waals surface area contributed by atoms with Crippen molar-refractivity contribution < 1.29 is 23.5 Å². The number of imidazole rings is 1. The first-order chi connectivity index (χ1) is 16.9. The van der Waals surface area contributed by atoms with E-state index in [1.54, 1.807) is 34.9 Å². The maximum Gasteiger partial charge on any atom is 0.287 e. The van der Waals surface area contributed by atoms with E-state index >= 15 is 0 Å². The highest BCUT2D eigenvalue weighted by molar-refractivity contribution is 6.30. The van der Waals surface area contributed by atoms with Gasteiger partial charge < -0.3 is 19.0 Å². The Bertz CT molecular complexity index is 1330. The summed E-state index contributed by atoms with van der Waals surface area (Å²) in [5.74, 6) is -0.413. The number of carbonyl (C=O) groups excluding carboxylic acids is 3. The number of fused-ring (bicyclic) bond motifs is 1. The zero-order valence-corrected chi connectivity index (χ0v) is 19.4. The lowest BCUT2D eigenvalue weighted by molar-refractivity contribution is -0.130. The quantitative estimate of drug-likeness (QED) is 0.322. The van der Waals surface area contributed by atoms with Crippen molar-refractivity contribution in [2.24, 2.45) is 0 Å². The van der Waals surface area contributed by atoms with Gasteiger partial charge >= 0.3 is 0 Å². The fraction of sp³-hybridized carbons (Fsp3) is 0.167. The molecule has 2 aromatic carbocycles. The number of halogens is 1. The first-order valence-electron chi connectivity index (χ1n) is 10.7. The van der Waals surface area contributed by atoms with E-state index < -0.39 is 23.8 Å². The highest BCUT2D eigenvalue weighted by atomic mass is 35.5. The number of amides is 3. The Kier molecular flexibility index (Phi) is 7.32. The van der Waals surface area contributed by atoms with E-state index in [0.29, 0.717) is 22.1 Å². The Balaban J connectivity index is 1.37. The van der Waals surface area contributed by atoms with E-state index in [1.807, 2.05) is 24.3 Å². The molecule has 2 aromatic heterocycles. The van der Waals surface area contributed by atoms with Gasteiger partial charge in [-0.3, -0.25) is 25.2 Å². The van der Waals surface area contributed by atoms with Crippen molar-refractivity contribution in [2.75, 3.05) is 0 Å². The molecule has 11 heteroatoms. The monoisotopic (exact) mass is 495 g/mol. The molecule has 180 valence electrons. The second-order valence-electron chi connectivity index (χ2n) is 7.56. The van der Waals surface area contributed by atoms with Crippen molar-refractivity contribution in [1.82, 2.24) is 25.7 Å². The zero-order valence-electron chi connectivity index (χ0n) is 18.7. The van der Waals surface area contributed by atoms with Gasteiger partial charge in [-0.1, -0.05) is 23.7 Å². The van der Waals surface area contributed by atoms with Crippen LogP contribution in [-0.4, -0.2) is 33.3 Å². The van der Waals surface area contributed by atoms with Gasteiger partial charge in [-0.15, -0.1) is 0 Å². The molecular weight excluding hydrogens is 474 g/mol. The number of para-hydroxylation sites is 2. The molecule has 3 amide bonds. The third-order valence-corrected chi connectivity index (χ3v) is 5.28. The summed E-state index contributed by atoms with van der Waals surface area (Å²) in [6, 6.07) is 16.4. The van der Waals surface area contributed by atoms with Gasteiger partial charge in [0.1, 0.15) is 30.8 Å². The molecule has 0 unspecified atom stereocenters. The molecule has 0 radical (unpaired) electrons. The van der Waals surface area contributed by atoms with Crippen LogP contribution in [0.25, 0.3) is 11.0 Å². The van der Waals surface area contributed by atoms with E-state index in [2.05, 4.69) is 21.2 Å². The average molecular weight is 496 g/mol. The van der Waals surface area contributed by atoms with Crippen LogP contribution in [0.2, 0.25) is 5.02 Å². The Morgan fingerprint density at radius 2 is 1.83 bits per heavy atom. The summed E-state index contributed by atoms with van der Waals surface area (Å²) in [6.07, 6.45) is 1.36. The van der Waals surface area contributed by atoms with E-state index in [9.17, 15) is 14.4 Å². The van der Waals surface area contributed by atoms with Gasteiger partial charge in [0.05, 0.1) is 17.3 Å². The van der Waals surface area contributed by atoms with E-state index in [4.69, 9.17) is 20.8 Å². The molecule has 3 N–H and O–H groups in total. The van der Waals surface area contributed by atoms with Crippen molar-refractivity contribution in [3.05, 3.63) is 83.5 Å². The minimum absolute atomic E-state index is 0.0778. The normalized spacial score (nSPS) is 11.6. The van der Waals surface area contributed by atoms with Crippen molar-refractivity contribution in [2.45, 2.75) is 26.1 Å². The van der Waals surface area contributed by atoms with Gasteiger partial charge in [0.15, 0.2) is 5.76 Å². The lowest BCUT2D eigenvalue weighted by Gasteiger charge is -2.15. The smallest absolute Gasteiger partial charge is 0.287 e. The average Bonchev–Trinajstić information content (AvgIpc) is 3.51. The molecule has 0 saturated carbocycles. The standard InChI is InChI=1S/C24H22ClN5O5/c1-15(26-24(33)20-7-4-12-34-20)23(32)29-28-22(31)13-30-19-6-3-2-5-18(19)27-21(30)14-35-17-10-8-16(25)9-11-17/h2-12,15H,13-14H2,1H3,(H,26,33)(H,28,31)(H,29,32)/t15-/m1/s1. The predicted molar refractivity (Wildman–Crippen MR) is 127 cm³/mol. The largest absolute Gasteiger partial charge is 0.486 e. The highest BCUT2D eigenvalue weighted by Crippen LogP contribution is 2.20. The van der Waals surface area contributed by atoms with Crippen molar-refractivity contribution >= 4 is 40.4 Å². The number of ether oxygens (including phenoxy) is 1. The summed E-state index contributed by atoms with van der Waals surface area (Å²) in [6.45, 7) is 1.48. The number of aromatic nitrogens is 2. The molecule has 0 fully saturated rings. The summed E-state index contributed by atoms with van der Waals surface area (Å²) in [5.41, 5.74) is 6.12. The molecule has 10 nitrogen and oxygen atoms in total. The van der Waals surface area contributed by atoms with Crippen LogP contribution < -0.4 is 20.9 Å². The van der Waals surface area contributed by atoms with E-state index in [-0.39, 0.29) is 18.9 Å². The van der Waals surface area contributed by atoms with Crippen molar-refractivity contribution in [3.8, 4) is 5.75 Å². The lowest BCUT2D eigenvalue weighted by atomic mass is 10.3. The van der Waals surface area contributed by atoms with Crippen LogP contribution >= 0.6 is 11.6 Å². The van der Waals surface area contributed by atoms with Crippen LogP contribution in [-0.2, 0) is 22.7 Å². The minimum atomic E-state index is -0.912. The molecule has 0 aliphatic carbocycles. The Hall–Kier alpha value is -4.31. The number of furan rings is 1. The highest BCUT2D eigenvalue weighted by Gasteiger charge is 2.19. The molecule has 4 aromatic rings. The number of nitrogens with zero attached hydrogens (tertiary/aromatic N) is 2. The zero-order chi connectivity index (χ0) is 24.8. The first-order valence-corrected chi connectivity index (χ1v) is 11.0. The topological polar surface area (TPSA) is 127 Å². The van der Waals surface area contributed by atoms with Gasteiger partial charge in [0, 0.05) is 5.02 Å². The summed E-state index contributed by atoms with van der Waals surface area (Å²) in [7, 11) is 0. The molecule has 0 spiro atoms. The number of hydrazine groups is 1. The number of hydrogen-bond donors (Lipinski definition) is 3. The third-order valence-electron chi connectivity index (χ3n) is 5.03. The molecule has 0 aliphatic heterocycles. The van der Waals surface area contributed by atoms with Crippen LogP contribution in [0.1, 0.15) is 23.3 Å². The summed E-state index contributed by atoms with van der Waals surface area (Å²) in [4.78, 5) is 41.5. The van der Waals surface area contributed by atoms with Crippen molar-refractivity contribution in [3.63, 3.8) is 0 Å². The van der Waals surface area contributed by atoms with Gasteiger partial charge in [-0.2, -0.15) is 0 Å². The van der Waals surface area contributed by atoms with E-state index in [0.717, 1.165) is 5.52 Å². The van der Waals surface area contributed by atoms with Crippen LogP contribution in [0, 0.1) is 0 Å². The third kappa shape index (κ3) is 5.98. The Labute approximate surface area is 205 Å². The van der Waals surface area contributed by atoms with Crippen LogP contribution in [0.15, 0.2) is 71.3 Å². The van der Waals surface area contributed by atoms with Gasteiger partial charge in [0.25, 0.3) is 17.7 Å². The second kappa shape index (κ2) is 10.7. The molecular formula is C24H22ClN5O5. The molecule has 4 rings (SSSR count). The van der Waals surface area contributed by atoms with Crippen LogP contribution in [0.3, 0.4) is 0 Å². The molecule has 1 atom stereocenters. The van der Waals surface area contributed by atoms with Crippen LogP contribution in [0.4, 0.5) is 0 Å². The fourth-order valence-electron chi connectivity index (χ4n) is 3.25. The van der Waals surface area contributed by atoms with Gasteiger partial charge in [0.2, 0.25) is 0 Å². The van der Waals surface area contributed by atoms with Crippen LogP contribution in [0.5, 0.6) is 5.75 Å². The number of carbonyl (C=O) groups is 3. The molecule has 0 aliphatic rings. The van der Waals surface area contributed by atoms with Crippen molar-refractivity contribution in [1.29, 1.82) is 0 Å². The second-order valence-corrected chi connectivity index (χ2v) is 7.99. The summed E-state index contributed by atoms with van der Waals surface area (Å²) < 4.78 is 12.5. The SMILES string of the molecule is C[C@@H](NC(=O)c1ccco1)C(=O)NNC(=O)Cn1c(COc2ccc(Cl)cc2)nc2ccccc21. The Morgan fingerprint density at radius 3 is 2.57 bits per heavy atom. The number of benzene rings is 2. The first kappa shape index (κ1) is 23.8. The lowest BCUT2D eigenvalue weighted by Crippen LogP contribution is -2.51. The van der Waals surface area contributed by atoms with Gasteiger partial charge in [-0.05, 0) is 55.5 Å². The number of nitrogens with one attached hydrogen (secondary N) is 3. The Morgan fingerprint density at radius 1 is 1.06 bits per heavy atom. The number of hydrogen-bond acceptors (Lipinski definition) is 6. The summed E-state index contributed by atoms with van der Waals surface area (Å²) in [5, 5.41) is 3.08. The number of rotatable bonds is 8. The van der Waals surface area contributed by atoms with Gasteiger partial charge in [-0.25, -0.2) is 4.98 Å². The maximum atomic E-state index is 12.6. The summed E-state index contributed by atoms with van der Waals surface area (Å²) >= 11 is 5.91. The molecule has 2 heterocycles. The molecule has 0 saturated heterocycles. The fourth-order valence-corrected chi connectivity index (χ4v) is 3.38. The molecule has 35 heavy (non-hydrogen) atoms. The minimum Gasteiger partial charge on any atom is -0.486 e. The predicted octanol–water partition coefficient (Wildman–Crippen LogP) is 2.83. The molecule has 0 bridgehead atoms.